The molecular formula is C21H29N3O3S. The van der Waals surface area contributed by atoms with Crippen LogP contribution in [0.25, 0.3) is 0 Å². The summed E-state index contributed by atoms with van der Waals surface area (Å²) >= 11 is 0. The monoisotopic (exact) mass is 403 g/mol. The van der Waals surface area contributed by atoms with Crippen LogP contribution in [0, 0.1) is 0 Å². The first-order chi connectivity index (χ1) is 13.1. The first-order valence-electron chi connectivity index (χ1n) is 9.33. The van der Waals surface area contributed by atoms with E-state index in [0.717, 1.165) is 11.3 Å². The van der Waals surface area contributed by atoms with Crippen molar-refractivity contribution >= 4 is 27.3 Å². The van der Waals surface area contributed by atoms with Gasteiger partial charge in [0, 0.05) is 24.5 Å². The molecule has 2 rings (SSSR count). The van der Waals surface area contributed by atoms with E-state index >= 15 is 0 Å². The predicted molar refractivity (Wildman–Crippen MR) is 114 cm³/mol. The van der Waals surface area contributed by atoms with Gasteiger partial charge in [0.05, 0.1) is 11.4 Å². The highest BCUT2D eigenvalue weighted by Gasteiger charge is 2.22. The zero-order valence-electron chi connectivity index (χ0n) is 17.1. The van der Waals surface area contributed by atoms with Crippen LogP contribution in [0.1, 0.15) is 39.2 Å². The van der Waals surface area contributed by atoms with Gasteiger partial charge in [0.2, 0.25) is 15.9 Å². The van der Waals surface area contributed by atoms with Crippen LogP contribution in [0.3, 0.4) is 0 Å². The fraction of sp³-hybridized carbons (Fsp3) is 0.381. The molecule has 2 aromatic rings. The Hall–Kier alpha value is -2.38. The molecule has 0 aliphatic carbocycles. The minimum absolute atomic E-state index is 0.0872. The van der Waals surface area contributed by atoms with Crippen molar-refractivity contribution in [1.82, 2.24) is 4.31 Å². The van der Waals surface area contributed by atoms with E-state index < -0.39 is 10.0 Å². The van der Waals surface area contributed by atoms with Crippen LogP contribution in [0.5, 0.6) is 0 Å². The molecule has 0 aromatic heterocycles. The standard InChI is InChI=1S/C21H29N3O3S/c1-15(2)17-7-6-8-19(13-17)23-21(25)14-22-18-9-11-20(12-10-18)28(26,27)24(5)16(3)4/h6-13,15-16,22H,14H2,1-5H3,(H,23,25). The van der Waals surface area contributed by atoms with E-state index in [1.807, 2.05) is 38.1 Å². The van der Waals surface area contributed by atoms with Crippen molar-refractivity contribution in [3.63, 3.8) is 0 Å². The van der Waals surface area contributed by atoms with Crippen molar-refractivity contribution in [3.05, 3.63) is 54.1 Å². The summed E-state index contributed by atoms with van der Waals surface area (Å²) in [7, 11) is -1.95. The highest BCUT2D eigenvalue weighted by molar-refractivity contribution is 7.89. The van der Waals surface area contributed by atoms with E-state index in [-0.39, 0.29) is 23.4 Å². The van der Waals surface area contributed by atoms with Crippen LogP contribution >= 0.6 is 0 Å². The Morgan fingerprint density at radius 1 is 1.00 bits per heavy atom. The lowest BCUT2D eigenvalue weighted by molar-refractivity contribution is -0.114. The Bertz CT molecular complexity index is 907. The summed E-state index contributed by atoms with van der Waals surface area (Å²) in [5.74, 6) is 0.219. The lowest BCUT2D eigenvalue weighted by atomic mass is 10.0. The van der Waals surface area contributed by atoms with Gasteiger partial charge in [-0.2, -0.15) is 4.31 Å². The highest BCUT2D eigenvalue weighted by atomic mass is 32.2. The molecular weight excluding hydrogens is 374 g/mol. The molecule has 0 fully saturated rings. The van der Waals surface area contributed by atoms with E-state index in [9.17, 15) is 13.2 Å². The van der Waals surface area contributed by atoms with Gasteiger partial charge in [-0.25, -0.2) is 8.42 Å². The van der Waals surface area contributed by atoms with Crippen LogP contribution in [0.2, 0.25) is 0 Å². The van der Waals surface area contributed by atoms with Gasteiger partial charge >= 0.3 is 0 Å². The number of carbonyl (C=O) groups is 1. The molecule has 7 heteroatoms. The van der Waals surface area contributed by atoms with Crippen molar-refractivity contribution < 1.29 is 13.2 Å². The molecule has 28 heavy (non-hydrogen) atoms. The zero-order chi connectivity index (χ0) is 20.9. The van der Waals surface area contributed by atoms with E-state index in [4.69, 9.17) is 0 Å². The van der Waals surface area contributed by atoms with Gasteiger partial charge < -0.3 is 10.6 Å². The van der Waals surface area contributed by atoms with E-state index in [1.54, 1.807) is 31.3 Å². The smallest absolute Gasteiger partial charge is 0.243 e. The third-order valence-corrected chi connectivity index (χ3v) is 6.60. The summed E-state index contributed by atoms with van der Waals surface area (Å²) in [5.41, 5.74) is 2.60. The van der Waals surface area contributed by atoms with Crippen molar-refractivity contribution in [3.8, 4) is 0 Å². The zero-order valence-corrected chi connectivity index (χ0v) is 17.9. The third-order valence-electron chi connectivity index (χ3n) is 4.55. The third kappa shape index (κ3) is 5.56. The molecule has 0 aliphatic rings. The average Bonchev–Trinajstić information content (AvgIpc) is 2.66. The van der Waals surface area contributed by atoms with Gasteiger partial charge in [-0.15, -0.1) is 0 Å². The van der Waals surface area contributed by atoms with Crippen LogP contribution in [0.4, 0.5) is 11.4 Å². The van der Waals surface area contributed by atoms with Crippen LogP contribution in [-0.4, -0.2) is 38.3 Å². The second kappa shape index (κ2) is 9.21. The maximum atomic E-state index is 12.5. The molecule has 1 amide bonds. The first-order valence-corrected chi connectivity index (χ1v) is 10.8. The largest absolute Gasteiger partial charge is 0.376 e. The number of nitrogens with zero attached hydrogens (tertiary/aromatic N) is 1. The Morgan fingerprint density at radius 3 is 2.21 bits per heavy atom. The van der Waals surface area contributed by atoms with Crippen LogP contribution < -0.4 is 10.6 Å². The number of amides is 1. The number of benzene rings is 2. The summed E-state index contributed by atoms with van der Waals surface area (Å²) in [6.07, 6.45) is 0. The molecule has 2 aromatic carbocycles. The van der Waals surface area contributed by atoms with Gasteiger partial charge in [-0.05, 0) is 61.7 Å². The Morgan fingerprint density at radius 2 is 1.64 bits per heavy atom. The number of carbonyl (C=O) groups excluding carboxylic acids is 1. The molecule has 0 bridgehead atoms. The average molecular weight is 404 g/mol. The van der Waals surface area contributed by atoms with Crippen LogP contribution in [0.15, 0.2) is 53.4 Å². The minimum atomic E-state index is -3.51. The molecule has 0 saturated carbocycles. The molecule has 0 unspecified atom stereocenters. The fourth-order valence-electron chi connectivity index (χ4n) is 2.55. The number of rotatable bonds is 8. The SMILES string of the molecule is CC(C)c1cccc(NC(=O)CNc2ccc(S(=O)(=O)N(C)C(C)C)cc2)c1. The number of anilines is 2. The fourth-order valence-corrected chi connectivity index (χ4v) is 3.92. The van der Waals surface area contributed by atoms with E-state index in [0.29, 0.717) is 11.6 Å². The van der Waals surface area contributed by atoms with E-state index in [1.165, 1.54) is 4.31 Å². The molecule has 2 N–H and O–H groups in total. The lowest BCUT2D eigenvalue weighted by Crippen LogP contribution is -2.33. The number of hydrogen-bond donors (Lipinski definition) is 2. The molecule has 0 spiro atoms. The van der Waals surface area contributed by atoms with Crippen molar-refractivity contribution in [2.45, 2.75) is 44.6 Å². The van der Waals surface area contributed by atoms with Gasteiger partial charge in [0.1, 0.15) is 0 Å². The van der Waals surface area contributed by atoms with Gasteiger partial charge in [0.25, 0.3) is 0 Å². The van der Waals surface area contributed by atoms with Crippen molar-refractivity contribution in [1.29, 1.82) is 0 Å². The normalized spacial score (nSPS) is 11.9. The molecule has 0 saturated heterocycles. The van der Waals surface area contributed by atoms with Gasteiger partial charge in [-0.3, -0.25) is 4.79 Å². The summed E-state index contributed by atoms with van der Waals surface area (Å²) in [4.78, 5) is 12.4. The quantitative estimate of drug-likeness (QED) is 0.701. The van der Waals surface area contributed by atoms with Gasteiger partial charge in [-0.1, -0.05) is 26.0 Å². The summed E-state index contributed by atoms with van der Waals surface area (Å²) in [6.45, 7) is 7.94. The van der Waals surface area contributed by atoms with E-state index in [2.05, 4.69) is 24.5 Å². The Balaban J connectivity index is 1.96. The van der Waals surface area contributed by atoms with Crippen molar-refractivity contribution in [2.75, 3.05) is 24.2 Å². The maximum absolute atomic E-state index is 12.5. The molecule has 6 nitrogen and oxygen atoms in total. The summed E-state index contributed by atoms with van der Waals surface area (Å²) in [6, 6.07) is 14.1. The number of sulfonamides is 1. The first kappa shape index (κ1) is 21.9. The second-order valence-electron chi connectivity index (χ2n) is 7.32. The minimum Gasteiger partial charge on any atom is -0.376 e. The Labute approximate surface area is 168 Å². The summed E-state index contributed by atoms with van der Waals surface area (Å²) in [5, 5.41) is 5.88. The van der Waals surface area contributed by atoms with Crippen LogP contribution in [-0.2, 0) is 14.8 Å². The lowest BCUT2D eigenvalue weighted by Gasteiger charge is -2.21. The molecule has 0 atom stereocenters. The number of hydrogen-bond acceptors (Lipinski definition) is 4. The molecule has 0 aliphatic heterocycles. The topological polar surface area (TPSA) is 78.5 Å². The maximum Gasteiger partial charge on any atom is 0.243 e. The highest BCUT2D eigenvalue weighted by Crippen LogP contribution is 2.20. The Kier molecular flexibility index (Phi) is 7.21. The summed E-state index contributed by atoms with van der Waals surface area (Å²) < 4.78 is 26.3. The molecule has 152 valence electrons. The molecule has 0 radical (unpaired) electrons. The van der Waals surface area contributed by atoms with Crippen molar-refractivity contribution in [2.24, 2.45) is 0 Å². The predicted octanol–water partition coefficient (Wildman–Crippen LogP) is 3.89. The second-order valence-corrected chi connectivity index (χ2v) is 9.32. The van der Waals surface area contributed by atoms with Gasteiger partial charge in [0.15, 0.2) is 0 Å². The number of nitrogens with one attached hydrogen (secondary N) is 2. The molecule has 0 heterocycles.